The average Bonchev–Trinajstić information content (AvgIpc) is 3.10. The van der Waals surface area contributed by atoms with E-state index in [0.29, 0.717) is 17.1 Å². The summed E-state index contributed by atoms with van der Waals surface area (Å²) < 4.78 is 0. The number of carboxylic acid groups (broad SMARTS) is 1. The van der Waals surface area contributed by atoms with Gasteiger partial charge in [-0.15, -0.1) is 11.3 Å². The molecule has 0 amide bonds. The Labute approximate surface area is 166 Å². The van der Waals surface area contributed by atoms with Crippen LogP contribution in [0.2, 0.25) is 5.02 Å². The zero-order valence-corrected chi connectivity index (χ0v) is 16.0. The van der Waals surface area contributed by atoms with E-state index in [4.69, 9.17) is 11.6 Å². The van der Waals surface area contributed by atoms with Crippen LogP contribution in [0.3, 0.4) is 0 Å². The maximum Gasteiger partial charge on any atom is 0.307 e. The van der Waals surface area contributed by atoms with Crippen LogP contribution in [0.1, 0.15) is 17.7 Å². The van der Waals surface area contributed by atoms with Crippen molar-refractivity contribution in [2.45, 2.75) is 19.3 Å². The van der Waals surface area contributed by atoms with Gasteiger partial charge >= 0.3 is 5.97 Å². The average molecular weight is 400 g/mol. The minimum atomic E-state index is -0.954. The number of halogens is 1. The van der Waals surface area contributed by atoms with Gasteiger partial charge < -0.3 is 5.11 Å². The van der Waals surface area contributed by atoms with Crippen molar-refractivity contribution >= 4 is 34.7 Å². The maximum atomic E-state index is 12.4. The van der Waals surface area contributed by atoms with E-state index < -0.39 is 11.9 Å². The number of thiazole rings is 1. The molecule has 3 aromatic rings. The Morgan fingerprint density at radius 2 is 1.89 bits per heavy atom. The molecule has 3 rings (SSSR count). The molecule has 0 saturated heterocycles. The van der Waals surface area contributed by atoms with Gasteiger partial charge in [-0.1, -0.05) is 54.1 Å². The summed E-state index contributed by atoms with van der Waals surface area (Å²) in [5.74, 6) is -1.81. The fourth-order valence-electron chi connectivity index (χ4n) is 2.84. The first-order valence-corrected chi connectivity index (χ1v) is 9.76. The normalized spacial score (nSPS) is 11.9. The predicted molar refractivity (Wildman–Crippen MR) is 107 cm³/mol. The zero-order chi connectivity index (χ0) is 19.2. The number of hydrogen-bond donors (Lipinski definition) is 1. The van der Waals surface area contributed by atoms with Crippen molar-refractivity contribution in [1.29, 1.82) is 0 Å². The first-order valence-electron chi connectivity index (χ1n) is 8.50. The number of carbonyl (C=O) groups excluding carboxylic acids is 1. The van der Waals surface area contributed by atoms with Gasteiger partial charge in [0.05, 0.1) is 11.6 Å². The fraction of sp³-hybridized carbons (Fsp3) is 0.190. The molecule has 0 aliphatic carbocycles. The van der Waals surface area contributed by atoms with E-state index in [2.05, 4.69) is 4.98 Å². The lowest BCUT2D eigenvalue weighted by Gasteiger charge is -2.11. The minimum absolute atomic E-state index is 0.00570. The Morgan fingerprint density at radius 3 is 2.59 bits per heavy atom. The minimum Gasteiger partial charge on any atom is -0.481 e. The highest BCUT2D eigenvalue weighted by molar-refractivity contribution is 7.13. The van der Waals surface area contributed by atoms with E-state index in [1.54, 1.807) is 6.07 Å². The van der Waals surface area contributed by atoms with Crippen molar-refractivity contribution in [3.63, 3.8) is 0 Å². The molecule has 0 bridgehead atoms. The van der Waals surface area contributed by atoms with Crippen LogP contribution in [0.5, 0.6) is 0 Å². The third kappa shape index (κ3) is 5.49. The van der Waals surface area contributed by atoms with Crippen molar-refractivity contribution < 1.29 is 14.7 Å². The number of carboxylic acids is 1. The summed E-state index contributed by atoms with van der Waals surface area (Å²) in [6, 6.07) is 16.7. The summed E-state index contributed by atoms with van der Waals surface area (Å²) in [6.07, 6.45) is 0.469. The molecule has 0 saturated carbocycles. The molecule has 0 aliphatic rings. The summed E-state index contributed by atoms with van der Waals surface area (Å²) in [5.41, 5.74) is 2.47. The lowest BCUT2D eigenvalue weighted by Crippen LogP contribution is -2.21. The SMILES string of the molecule is O=C(Cc1csc(-c2cccc(Cl)c2)n1)C[C@@H](Cc1ccccc1)C(=O)O. The highest BCUT2D eigenvalue weighted by atomic mass is 35.5. The van der Waals surface area contributed by atoms with Gasteiger partial charge in [0.15, 0.2) is 0 Å². The second kappa shape index (κ2) is 8.93. The summed E-state index contributed by atoms with van der Waals surface area (Å²) in [7, 11) is 0. The van der Waals surface area contributed by atoms with Gasteiger partial charge in [0.2, 0.25) is 0 Å². The zero-order valence-electron chi connectivity index (χ0n) is 14.5. The van der Waals surface area contributed by atoms with Crippen LogP contribution in [0.25, 0.3) is 10.6 Å². The molecule has 27 heavy (non-hydrogen) atoms. The highest BCUT2D eigenvalue weighted by Gasteiger charge is 2.22. The fourth-order valence-corrected chi connectivity index (χ4v) is 3.84. The van der Waals surface area contributed by atoms with Gasteiger partial charge in [-0.25, -0.2) is 4.98 Å². The largest absolute Gasteiger partial charge is 0.481 e. The Hall–Kier alpha value is -2.50. The van der Waals surface area contributed by atoms with Gasteiger partial charge in [0.1, 0.15) is 10.8 Å². The second-order valence-electron chi connectivity index (χ2n) is 6.30. The molecule has 1 heterocycles. The topological polar surface area (TPSA) is 67.3 Å². The third-order valence-corrected chi connectivity index (χ3v) is 5.33. The second-order valence-corrected chi connectivity index (χ2v) is 7.59. The first kappa shape index (κ1) is 19.3. The van der Waals surface area contributed by atoms with Crippen molar-refractivity contribution in [3.8, 4) is 10.6 Å². The summed E-state index contributed by atoms with van der Waals surface area (Å²) in [4.78, 5) is 28.4. The molecular weight excluding hydrogens is 382 g/mol. The predicted octanol–water partition coefficient (Wildman–Crippen LogP) is 4.91. The molecule has 1 N–H and O–H groups in total. The molecule has 1 aromatic heterocycles. The number of aliphatic carboxylic acids is 1. The van der Waals surface area contributed by atoms with Crippen molar-refractivity contribution in [2.24, 2.45) is 5.92 Å². The Kier molecular flexibility index (Phi) is 6.37. The number of Topliss-reactive ketones (excluding diaryl/α,β-unsaturated/α-hetero) is 1. The molecular formula is C21H18ClNO3S. The molecule has 2 aromatic carbocycles. The first-order chi connectivity index (χ1) is 13.0. The third-order valence-electron chi connectivity index (χ3n) is 4.15. The van der Waals surface area contributed by atoms with Crippen LogP contribution in [0.15, 0.2) is 60.0 Å². The molecule has 1 atom stereocenters. The lowest BCUT2D eigenvalue weighted by molar-refractivity contribution is -0.143. The molecule has 6 heteroatoms. The van der Waals surface area contributed by atoms with E-state index in [1.165, 1.54) is 11.3 Å². The van der Waals surface area contributed by atoms with Gasteiger partial charge in [-0.3, -0.25) is 9.59 Å². The summed E-state index contributed by atoms with van der Waals surface area (Å²) >= 11 is 7.45. The van der Waals surface area contributed by atoms with Crippen LogP contribution in [-0.2, 0) is 22.4 Å². The van der Waals surface area contributed by atoms with E-state index in [-0.39, 0.29) is 18.6 Å². The number of hydrogen-bond acceptors (Lipinski definition) is 4. The standard InChI is InChI=1S/C21H18ClNO3S/c22-17-8-4-7-15(10-17)20-23-18(13-27-20)12-19(24)11-16(21(25)26)9-14-5-2-1-3-6-14/h1-8,10,13,16H,9,11-12H2,(H,25,26)/t16-/m1/s1. The summed E-state index contributed by atoms with van der Waals surface area (Å²) in [5, 5.41) is 12.7. The van der Waals surface area contributed by atoms with E-state index in [0.717, 1.165) is 16.1 Å². The lowest BCUT2D eigenvalue weighted by atomic mass is 9.93. The number of nitrogens with zero attached hydrogens (tertiary/aromatic N) is 1. The molecule has 0 radical (unpaired) electrons. The Balaban J connectivity index is 1.63. The number of aromatic nitrogens is 1. The van der Waals surface area contributed by atoms with Crippen molar-refractivity contribution in [1.82, 2.24) is 4.98 Å². The molecule has 0 unspecified atom stereocenters. The van der Waals surface area contributed by atoms with E-state index >= 15 is 0 Å². The molecule has 0 aliphatic heterocycles. The number of rotatable bonds is 8. The van der Waals surface area contributed by atoms with E-state index in [9.17, 15) is 14.7 Å². The molecule has 4 nitrogen and oxygen atoms in total. The smallest absolute Gasteiger partial charge is 0.307 e. The molecule has 0 fully saturated rings. The van der Waals surface area contributed by atoms with E-state index in [1.807, 2.05) is 53.9 Å². The van der Waals surface area contributed by atoms with Gasteiger partial charge in [-0.2, -0.15) is 0 Å². The van der Waals surface area contributed by atoms with Gasteiger partial charge in [0.25, 0.3) is 0 Å². The number of carbonyl (C=O) groups is 2. The van der Waals surface area contributed by atoms with Crippen LogP contribution >= 0.6 is 22.9 Å². The number of ketones is 1. The van der Waals surface area contributed by atoms with Gasteiger partial charge in [0, 0.05) is 28.8 Å². The van der Waals surface area contributed by atoms with Crippen LogP contribution < -0.4 is 0 Å². The Bertz CT molecular complexity index is 939. The van der Waals surface area contributed by atoms with Gasteiger partial charge in [-0.05, 0) is 24.1 Å². The monoisotopic (exact) mass is 399 g/mol. The quantitative estimate of drug-likeness (QED) is 0.584. The maximum absolute atomic E-state index is 12.4. The molecule has 138 valence electrons. The highest BCUT2D eigenvalue weighted by Crippen LogP contribution is 2.26. The van der Waals surface area contributed by atoms with Crippen molar-refractivity contribution in [2.75, 3.05) is 0 Å². The Morgan fingerprint density at radius 1 is 1.11 bits per heavy atom. The summed E-state index contributed by atoms with van der Waals surface area (Å²) in [6.45, 7) is 0. The van der Waals surface area contributed by atoms with Crippen LogP contribution in [0.4, 0.5) is 0 Å². The van der Waals surface area contributed by atoms with Crippen LogP contribution in [0, 0.1) is 5.92 Å². The van der Waals surface area contributed by atoms with Crippen LogP contribution in [-0.4, -0.2) is 21.8 Å². The number of benzene rings is 2. The van der Waals surface area contributed by atoms with Crippen molar-refractivity contribution in [3.05, 3.63) is 76.3 Å². The molecule has 0 spiro atoms.